The number of nitrogens with one attached hydrogen (secondary N) is 2. The molecule has 0 aromatic carbocycles. The van der Waals surface area contributed by atoms with Crippen LogP contribution in [-0.2, 0) is 38.0 Å². The monoisotopic (exact) mass is 686 g/mol. The summed E-state index contributed by atoms with van der Waals surface area (Å²) >= 11 is 0. The molecule has 0 spiro atoms. The maximum absolute atomic E-state index is 12.0. The zero-order chi connectivity index (χ0) is 34.8. The average molecular weight is 687 g/mol. The first-order chi connectivity index (χ1) is 22.4. The van der Waals surface area contributed by atoms with Crippen LogP contribution in [0.25, 0.3) is 0 Å². The Morgan fingerprint density at radius 2 is 1.26 bits per heavy atom. The predicted molar refractivity (Wildman–Crippen MR) is 154 cm³/mol. The molecule has 0 radical (unpaired) electrons. The minimum atomic E-state index is -1.92. The highest BCUT2D eigenvalue weighted by Gasteiger charge is 2.54. The molecule has 3 heterocycles. The van der Waals surface area contributed by atoms with Gasteiger partial charge in [0, 0.05) is 19.9 Å². The van der Waals surface area contributed by atoms with Gasteiger partial charge in [-0.05, 0) is 12.8 Å². The van der Waals surface area contributed by atoms with E-state index in [0.29, 0.717) is 19.4 Å². The van der Waals surface area contributed by atoms with E-state index in [-0.39, 0.29) is 12.5 Å². The number of amides is 2. The van der Waals surface area contributed by atoms with Gasteiger partial charge in [0.15, 0.2) is 18.9 Å². The van der Waals surface area contributed by atoms with Crippen LogP contribution in [0.2, 0.25) is 0 Å². The summed E-state index contributed by atoms with van der Waals surface area (Å²) in [5.41, 5.74) is 0. The van der Waals surface area contributed by atoms with Gasteiger partial charge in [0.25, 0.3) is 0 Å². The fourth-order valence-corrected chi connectivity index (χ4v) is 5.51. The summed E-state index contributed by atoms with van der Waals surface area (Å²) in [6, 6.07) is -1.25. The molecule has 3 rings (SSSR count). The summed E-state index contributed by atoms with van der Waals surface area (Å²) < 4.78 is 33.8. The SMILES string of the molecule is CCCCC(=O)NCCCOC1OC(CO)C(OC2OC(CO)C(O)C(OC3OC(CO)C(O)C(O)C3O)C2O)C(O)C1NC(C)=O. The van der Waals surface area contributed by atoms with Gasteiger partial charge < -0.3 is 85.0 Å². The first kappa shape index (κ1) is 39.8. The summed E-state index contributed by atoms with van der Waals surface area (Å²) in [5.74, 6) is -0.669. The van der Waals surface area contributed by atoms with Gasteiger partial charge in [-0.25, -0.2) is 0 Å². The zero-order valence-corrected chi connectivity index (χ0v) is 26.3. The Hall–Kier alpha value is -1.66. The van der Waals surface area contributed by atoms with Gasteiger partial charge in [-0.3, -0.25) is 9.59 Å². The minimum Gasteiger partial charge on any atom is -0.394 e. The van der Waals surface area contributed by atoms with Crippen molar-refractivity contribution in [1.82, 2.24) is 10.6 Å². The molecule has 2 amide bonds. The van der Waals surface area contributed by atoms with Gasteiger partial charge in [-0.1, -0.05) is 13.3 Å². The van der Waals surface area contributed by atoms with Crippen LogP contribution in [0.3, 0.4) is 0 Å². The number of carbonyl (C=O) groups is 2. The molecule has 11 N–H and O–H groups in total. The number of carbonyl (C=O) groups excluding carboxylic acids is 2. The lowest BCUT2D eigenvalue weighted by Gasteiger charge is -2.48. The molecule has 274 valence electrons. The lowest BCUT2D eigenvalue weighted by atomic mass is 9.95. The zero-order valence-electron chi connectivity index (χ0n) is 26.3. The number of rotatable bonds is 16. The third-order valence-electron chi connectivity index (χ3n) is 8.16. The Bertz CT molecular complexity index is 964. The average Bonchev–Trinajstić information content (AvgIpc) is 3.05. The molecule has 0 aromatic rings. The quantitative estimate of drug-likeness (QED) is 0.0674. The standard InChI is InChI=1S/C28H50N2O17/c1-3-4-6-16(35)29-7-5-8-42-26-17(30-12(2)34)20(38)24(15(11-33)45-26)46-28-23(41)25(19(37)14(10-32)44-28)47-27-22(40)21(39)18(36)13(9-31)43-27/h13-15,17-28,31-33,36-41H,3-11H2,1-2H3,(H,29,35)(H,30,34). The Labute approximate surface area is 271 Å². The molecule has 0 aliphatic carbocycles. The Morgan fingerprint density at radius 1 is 0.681 bits per heavy atom. The molecular weight excluding hydrogens is 636 g/mol. The number of aliphatic hydroxyl groups is 9. The highest BCUT2D eigenvalue weighted by Crippen LogP contribution is 2.32. The largest absolute Gasteiger partial charge is 0.394 e. The number of aliphatic hydroxyl groups excluding tert-OH is 9. The normalized spacial score (nSPS) is 41.0. The fourth-order valence-electron chi connectivity index (χ4n) is 5.51. The van der Waals surface area contributed by atoms with Crippen LogP contribution < -0.4 is 10.6 Å². The van der Waals surface area contributed by atoms with Crippen molar-refractivity contribution in [3.8, 4) is 0 Å². The van der Waals surface area contributed by atoms with E-state index in [2.05, 4.69) is 10.6 Å². The molecule has 15 unspecified atom stereocenters. The molecule has 0 saturated carbocycles. The summed E-state index contributed by atoms with van der Waals surface area (Å²) in [4.78, 5) is 23.8. The molecule has 3 aliphatic rings. The topological polar surface area (TPSA) is 296 Å². The van der Waals surface area contributed by atoms with Crippen LogP contribution in [0, 0.1) is 0 Å². The lowest BCUT2D eigenvalue weighted by Crippen LogP contribution is -2.68. The van der Waals surface area contributed by atoms with Crippen molar-refractivity contribution in [2.24, 2.45) is 0 Å². The van der Waals surface area contributed by atoms with E-state index in [1.54, 1.807) is 0 Å². The number of ether oxygens (including phenoxy) is 6. The van der Waals surface area contributed by atoms with Crippen LogP contribution >= 0.6 is 0 Å². The van der Waals surface area contributed by atoms with Crippen molar-refractivity contribution in [2.45, 2.75) is 132 Å². The molecule has 19 heteroatoms. The maximum Gasteiger partial charge on any atom is 0.219 e. The van der Waals surface area contributed by atoms with Crippen molar-refractivity contribution in [1.29, 1.82) is 0 Å². The molecule has 19 nitrogen and oxygen atoms in total. The third kappa shape index (κ3) is 10.2. The predicted octanol–water partition coefficient (Wildman–Crippen LogP) is -5.71. The molecule has 0 aromatic heterocycles. The van der Waals surface area contributed by atoms with Crippen molar-refractivity contribution >= 4 is 11.8 Å². The summed E-state index contributed by atoms with van der Waals surface area (Å²) in [6.45, 7) is 1.18. The van der Waals surface area contributed by atoms with E-state index in [9.17, 15) is 55.5 Å². The molecular formula is C28H50N2O17. The van der Waals surface area contributed by atoms with Gasteiger partial charge >= 0.3 is 0 Å². The molecule has 47 heavy (non-hydrogen) atoms. The van der Waals surface area contributed by atoms with Crippen molar-refractivity contribution in [3.63, 3.8) is 0 Å². The second kappa shape index (κ2) is 18.9. The molecule has 3 saturated heterocycles. The lowest BCUT2D eigenvalue weighted by molar-refractivity contribution is -0.376. The third-order valence-corrected chi connectivity index (χ3v) is 8.16. The Balaban J connectivity index is 1.71. The van der Waals surface area contributed by atoms with Gasteiger partial charge in [-0.2, -0.15) is 0 Å². The van der Waals surface area contributed by atoms with Crippen LogP contribution in [0.5, 0.6) is 0 Å². The maximum atomic E-state index is 12.0. The smallest absolute Gasteiger partial charge is 0.219 e. The van der Waals surface area contributed by atoms with Crippen LogP contribution in [0.15, 0.2) is 0 Å². The first-order valence-electron chi connectivity index (χ1n) is 15.7. The van der Waals surface area contributed by atoms with Crippen LogP contribution in [0.1, 0.15) is 39.5 Å². The van der Waals surface area contributed by atoms with Gasteiger partial charge in [0.1, 0.15) is 73.2 Å². The van der Waals surface area contributed by atoms with E-state index < -0.39 is 118 Å². The summed E-state index contributed by atoms with van der Waals surface area (Å²) in [6.07, 6.45) is -20.5. The van der Waals surface area contributed by atoms with Crippen molar-refractivity contribution < 1.29 is 84.0 Å². The van der Waals surface area contributed by atoms with Crippen molar-refractivity contribution in [2.75, 3.05) is 33.0 Å². The minimum absolute atomic E-state index is 0.0443. The van der Waals surface area contributed by atoms with Crippen LogP contribution in [-0.4, -0.2) is 183 Å². The Kier molecular flexibility index (Phi) is 16.0. The second-order valence-corrected chi connectivity index (χ2v) is 11.7. The molecule has 15 atom stereocenters. The number of hydrogen-bond acceptors (Lipinski definition) is 17. The van der Waals surface area contributed by atoms with Gasteiger partial charge in [0.05, 0.1) is 26.4 Å². The second-order valence-electron chi connectivity index (χ2n) is 11.7. The van der Waals surface area contributed by atoms with E-state index in [1.165, 1.54) is 6.92 Å². The van der Waals surface area contributed by atoms with Crippen molar-refractivity contribution in [3.05, 3.63) is 0 Å². The van der Waals surface area contributed by atoms with Gasteiger partial charge in [0.2, 0.25) is 11.8 Å². The number of unbranched alkanes of at least 4 members (excludes halogenated alkanes) is 1. The summed E-state index contributed by atoms with van der Waals surface area (Å²) in [5, 5.41) is 98.5. The highest BCUT2D eigenvalue weighted by molar-refractivity contribution is 5.75. The summed E-state index contributed by atoms with van der Waals surface area (Å²) in [7, 11) is 0. The van der Waals surface area contributed by atoms with E-state index >= 15 is 0 Å². The molecule has 3 aliphatic heterocycles. The van der Waals surface area contributed by atoms with E-state index in [4.69, 9.17) is 28.4 Å². The highest BCUT2D eigenvalue weighted by atomic mass is 16.8. The van der Waals surface area contributed by atoms with E-state index in [1.807, 2.05) is 6.92 Å². The number of hydrogen-bond donors (Lipinski definition) is 11. The fraction of sp³-hybridized carbons (Fsp3) is 0.929. The van der Waals surface area contributed by atoms with E-state index in [0.717, 1.165) is 12.8 Å². The van der Waals surface area contributed by atoms with Crippen LogP contribution in [0.4, 0.5) is 0 Å². The molecule has 3 fully saturated rings. The Morgan fingerprint density at radius 3 is 1.85 bits per heavy atom. The molecule has 0 bridgehead atoms. The first-order valence-corrected chi connectivity index (χ1v) is 15.7. The van der Waals surface area contributed by atoms with Gasteiger partial charge in [-0.15, -0.1) is 0 Å².